The molecule has 1 saturated heterocycles. The van der Waals surface area contributed by atoms with Crippen LogP contribution in [0.1, 0.15) is 29.3 Å². The Morgan fingerprint density at radius 1 is 1.24 bits per heavy atom. The Balaban J connectivity index is 1.69. The number of hydrogen-bond acceptors (Lipinski definition) is 5. The average molecular weight is 288 g/mol. The van der Waals surface area contributed by atoms with E-state index in [1.54, 1.807) is 7.11 Å². The lowest BCUT2D eigenvalue weighted by Gasteiger charge is -2.20. The second-order valence-corrected chi connectivity index (χ2v) is 5.43. The van der Waals surface area contributed by atoms with Crippen molar-refractivity contribution in [3.8, 4) is 0 Å². The fourth-order valence-corrected chi connectivity index (χ4v) is 2.63. The summed E-state index contributed by atoms with van der Waals surface area (Å²) in [6, 6.07) is 8.35. The van der Waals surface area contributed by atoms with E-state index in [2.05, 4.69) is 35.3 Å². The van der Waals surface area contributed by atoms with Gasteiger partial charge in [-0.05, 0) is 24.5 Å². The summed E-state index contributed by atoms with van der Waals surface area (Å²) < 4.78 is 16.8. The number of benzene rings is 1. The van der Waals surface area contributed by atoms with E-state index in [9.17, 15) is 0 Å². The van der Waals surface area contributed by atoms with Gasteiger partial charge in [0.05, 0.1) is 13.2 Å². The van der Waals surface area contributed by atoms with Crippen LogP contribution >= 0.6 is 0 Å². The molecule has 3 rings (SSSR count). The molecule has 0 saturated carbocycles. The lowest BCUT2D eigenvalue weighted by Crippen LogP contribution is -2.29. The Labute approximate surface area is 124 Å². The van der Waals surface area contributed by atoms with Crippen molar-refractivity contribution in [2.24, 2.45) is 0 Å². The third kappa shape index (κ3) is 2.84. The largest absolute Gasteiger partial charge is 0.422 e. The fourth-order valence-electron chi connectivity index (χ4n) is 2.63. The van der Waals surface area contributed by atoms with Gasteiger partial charge in [-0.2, -0.15) is 0 Å². The van der Waals surface area contributed by atoms with Gasteiger partial charge in [-0.3, -0.25) is 0 Å². The Bertz CT molecular complexity index is 603. The summed E-state index contributed by atoms with van der Waals surface area (Å²) in [7, 11) is 1.66. The molecule has 0 amide bonds. The molecule has 1 aromatic heterocycles. The summed E-state index contributed by atoms with van der Waals surface area (Å²) in [5, 5.41) is 8.30. The van der Waals surface area contributed by atoms with Crippen molar-refractivity contribution in [1.82, 2.24) is 10.2 Å². The number of rotatable bonds is 5. The van der Waals surface area contributed by atoms with Crippen LogP contribution in [0.3, 0.4) is 0 Å². The Morgan fingerprint density at radius 2 is 2.10 bits per heavy atom. The van der Waals surface area contributed by atoms with E-state index in [0.29, 0.717) is 25.0 Å². The number of methoxy groups -OCH3 is 1. The molecule has 0 spiro atoms. The first-order chi connectivity index (χ1) is 10.2. The Hall–Kier alpha value is -1.72. The highest BCUT2D eigenvalue weighted by molar-refractivity contribution is 5.25. The SMILES string of the molecule is COC1(c2nnc(CCc3ccccc3C)o2)CCOC1. The number of aromatic nitrogens is 2. The van der Waals surface area contributed by atoms with Gasteiger partial charge < -0.3 is 13.9 Å². The van der Waals surface area contributed by atoms with Gasteiger partial charge in [-0.25, -0.2) is 0 Å². The average Bonchev–Trinajstić information content (AvgIpc) is 3.16. The quantitative estimate of drug-likeness (QED) is 0.845. The maximum absolute atomic E-state index is 5.80. The molecular weight excluding hydrogens is 268 g/mol. The zero-order chi connectivity index (χ0) is 14.7. The molecule has 5 nitrogen and oxygen atoms in total. The molecular formula is C16H20N2O3. The highest BCUT2D eigenvalue weighted by Gasteiger charge is 2.42. The van der Waals surface area contributed by atoms with E-state index in [4.69, 9.17) is 13.9 Å². The molecule has 0 bridgehead atoms. The summed E-state index contributed by atoms with van der Waals surface area (Å²) in [5.74, 6) is 1.18. The summed E-state index contributed by atoms with van der Waals surface area (Å²) in [5.41, 5.74) is 2.03. The minimum Gasteiger partial charge on any atom is -0.422 e. The van der Waals surface area contributed by atoms with E-state index in [0.717, 1.165) is 19.3 Å². The van der Waals surface area contributed by atoms with Gasteiger partial charge in [0, 0.05) is 20.0 Å². The third-order valence-electron chi connectivity index (χ3n) is 4.10. The molecule has 1 aliphatic rings. The molecule has 1 atom stereocenters. The third-order valence-corrected chi connectivity index (χ3v) is 4.10. The van der Waals surface area contributed by atoms with Crippen molar-refractivity contribution < 1.29 is 13.9 Å². The standard InChI is InChI=1S/C16H20N2O3/c1-12-5-3-4-6-13(12)7-8-14-17-18-15(21-14)16(19-2)9-10-20-11-16/h3-6H,7-11H2,1-2H3. The maximum atomic E-state index is 5.80. The molecule has 1 unspecified atom stereocenters. The van der Waals surface area contributed by atoms with Crippen LogP contribution in [0.25, 0.3) is 0 Å². The van der Waals surface area contributed by atoms with Crippen LogP contribution in [0, 0.1) is 6.92 Å². The van der Waals surface area contributed by atoms with Crippen molar-refractivity contribution in [3.05, 3.63) is 47.2 Å². The summed E-state index contributed by atoms with van der Waals surface area (Å²) in [6.07, 6.45) is 2.38. The van der Waals surface area contributed by atoms with E-state index >= 15 is 0 Å². The highest BCUT2D eigenvalue weighted by Crippen LogP contribution is 2.32. The van der Waals surface area contributed by atoms with E-state index in [1.807, 2.05) is 6.07 Å². The maximum Gasteiger partial charge on any atom is 0.250 e. The van der Waals surface area contributed by atoms with Gasteiger partial charge in [0.1, 0.15) is 0 Å². The monoisotopic (exact) mass is 288 g/mol. The van der Waals surface area contributed by atoms with Crippen LogP contribution in [0.4, 0.5) is 0 Å². The molecule has 112 valence electrons. The van der Waals surface area contributed by atoms with Crippen molar-refractivity contribution in [1.29, 1.82) is 0 Å². The van der Waals surface area contributed by atoms with Crippen LogP contribution in [-0.2, 0) is 27.9 Å². The second kappa shape index (κ2) is 5.95. The van der Waals surface area contributed by atoms with Crippen molar-refractivity contribution >= 4 is 0 Å². The van der Waals surface area contributed by atoms with Gasteiger partial charge in [0.15, 0.2) is 5.60 Å². The first-order valence-electron chi connectivity index (χ1n) is 7.24. The van der Waals surface area contributed by atoms with Crippen LogP contribution < -0.4 is 0 Å². The predicted molar refractivity (Wildman–Crippen MR) is 77.0 cm³/mol. The summed E-state index contributed by atoms with van der Waals surface area (Å²) >= 11 is 0. The minimum absolute atomic E-state index is 0.475. The smallest absolute Gasteiger partial charge is 0.250 e. The Morgan fingerprint density at radius 3 is 2.81 bits per heavy atom. The number of ether oxygens (including phenoxy) is 2. The first-order valence-corrected chi connectivity index (χ1v) is 7.24. The molecule has 5 heteroatoms. The van der Waals surface area contributed by atoms with Gasteiger partial charge in [-0.15, -0.1) is 10.2 Å². The number of nitrogens with zero attached hydrogens (tertiary/aromatic N) is 2. The second-order valence-electron chi connectivity index (χ2n) is 5.43. The first kappa shape index (κ1) is 14.2. The van der Waals surface area contributed by atoms with Gasteiger partial charge in [0.2, 0.25) is 5.89 Å². The van der Waals surface area contributed by atoms with Crippen molar-refractivity contribution in [3.63, 3.8) is 0 Å². The van der Waals surface area contributed by atoms with Gasteiger partial charge in [-0.1, -0.05) is 24.3 Å². The van der Waals surface area contributed by atoms with Crippen molar-refractivity contribution in [2.75, 3.05) is 20.3 Å². The normalized spacial score (nSPS) is 21.8. The van der Waals surface area contributed by atoms with E-state index in [1.165, 1.54) is 11.1 Å². The lowest BCUT2D eigenvalue weighted by molar-refractivity contribution is -0.0416. The topological polar surface area (TPSA) is 57.4 Å². The molecule has 2 aromatic rings. The number of hydrogen-bond donors (Lipinski definition) is 0. The lowest BCUT2D eigenvalue weighted by atomic mass is 10.0. The van der Waals surface area contributed by atoms with Crippen LogP contribution in [0.2, 0.25) is 0 Å². The molecule has 1 fully saturated rings. The molecule has 0 radical (unpaired) electrons. The van der Waals surface area contributed by atoms with Crippen molar-refractivity contribution in [2.45, 2.75) is 31.8 Å². The van der Waals surface area contributed by atoms with Gasteiger partial charge >= 0.3 is 0 Å². The molecule has 0 aliphatic carbocycles. The molecule has 1 aliphatic heterocycles. The minimum atomic E-state index is -0.562. The van der Waals surface area contributed by atoms with Crippen LogP contribution in [-0.4, -0.2) is 30.5 Å². The zero-order valence-electron chi connectivity index (χ0n) is 12.5. The predicted octanol–water partition coefficient (Wildman–Crippen LogP) is 2.43. The molecule has 0 N–H and O–H groups in total. The molecule has 1 aromatic carbocycles. The van der Waals surface area contributed by atoms with Crippen LogP contribution in [0.15, 0.2) is 28.7 Å². The highest BCUT2D eigenvalue weighted by atomic mass is 16.6. The zero-order valence-corrected chi connectivity index (χ0v) is 12.5. The number of aryl methyl sites for hydroxylation is 3. The fraction of sp³-hybridized carbons (Fsp3) is 0.500. The Kier molecular flexibility index (Phi) is 4.03. The van der Waals surface area contributed by atoms with E-state index in [-0.39, 0.29) is 0 Å². The van der Waals surface area contributed by atoms with E-state index < -0.39 is 5.60 Å². The van der Waals surface area contributed by atoms with Gasteiger partial charge in [0.25, 0.3) is 5.89 Å². The summed E-state index contributed by atoms with van der Waals surface area (Å²) in [4.78, 5) is 0. The molecule has 21 heavy (non-hydrogen) atoms. The summed E-state index contributed by atoms with van der Waals surface area (Å²) in [6.45, 7) is 3.25. The molecule has 2 heterocycles. The van der Waals surface area contributed by atoms with Crippen LogP contribution in [0.5, 0.6) is 0 Å².